The number of rotatable bonds is 6. The van der Waals surface area contributed by atoms with Crippen molar-refractivity contribution in [3.8, 4) is 16.9 Å². The highest BCUT2D eigenvalue weighted by Gasteiger charge is 2.54. The lowest BCUT2D eigenvalue weighted by molar-refractivity contribution is -0.0671. The number of ether oxygens (including phenoxy) is 3. The van der Waals surface area contributed by atoms with Crippen LogP contribution in [0, 0.1) is 0 Å². The fourth-order valence-corrected chi connectivity index (χ4v) is 9.92. The molecule has 10 rings (SSSR count). The molecular weight excluding hydrogens is 868 g/mol. The van der Waals surface area contributed by atoms with Crippen LogP contribution in [0.2, 0.25) is 0 Å². The number of nitrogens with one attached hydrogen (secondary N) is 1. The maximum absolute atomic E-state index is 13.6. The number of aromatic nitrogens is 7. The van der Waals surface area contributed by atoms with Crippen LogP contribution in [0.1, 0.15) is 18.0 Å². The molecule has 3 aliphatic heterocycles. The molecule has 7 aromatic rings. The van der Waals surface area contributed by atoms with Crippen LogP contribution in [0.15, 0.2) is 90.4 Å². The molecule has 25 heteroatoms. The number of phosphoric ester groups is 2. The summed E-state index contributed by atoms with van der Waals surface area (Å²) >= 11 is 0. The molecule has 9 N–H and O–H groups in total. The molecule has 2 bridgehead atoms. The predicted octanol–water partition coefficient (Wildman–Crippen LogP) is 2.66. The monoisotopic (exact) mass is 905 g/mol. The second-order valence-corrected chi connectivity index (χ2v) is 17.7. The minimum Gasteiger partial charge on any atom is -0.488 e. The quantitative estimate of drug-likeness (QED) is 0.118. The fraction of sp³-hybridized carbons (Fsp3) is 0.289. The summed E-state index contributed by atoms with van der Waals surface area (Å²) in [7, 11) is -10.4. The van der Waals surface area contributed by atoms with E-state index in [1.165, 1.54) is 10.9 Å². The van der Waals surface area contributed by atoms with Crippen LogP contribution < -0.4 is 21.8 Å². The standard InChI is InChI=1S/C38H37N9O14P2/c39-32-26-22(20-10-8-18(9-11-20)13-55-23-7-3-5-19-4-1-2-6-21(19)23)12-46(33(26)42-16-41-32)36-29(49)30-25(59-36)15-57-63(53,54)61-31-28(48)24(14-56-62(51,52)60-30)58-37(31)47-17-43-27-34(47)44-38(40)45-35(27)50/h1-12,16-17,24-25,28-31,36-37,48-49H,13-15H2,(H,51,52)(H,53,54)(H2,39,41,42)(H3,40,44,45,50)/t24-,25-,28-,29-,30-,31-,36-,37-/m1/s1. The van der Waals surface area contributed by atoms with Gasteiger partial charge in [0.1, 0.15) is 66.8 Å². The van der Waals surface area contributed by atoms with Crippen LogP contribution in [-0.2, 0) is 43.3 Å². The van der Waals surface area contributed by atoms with Crippen molar-refractivity contribution in [2.75, 3.05) is 24.7 Å². The number of phosphoric acid groups is 2. The molecule has 3 aromatic carbocycles. The number of anilines is 2. The maximum atomic E-state index is 13.6. The van der Waals surface area contributed by atoms with Crippen molar-refractivity contribution in [2.24, 2.45) is 0 Å². The van der Waals surface area contributed by atoms with Gasteiger partial charge in [-0.15, -0.1) is 0 Å². The number of imidazole rings is 1. The molecule has 4 aromatic heterocycles. The predicted molar refractivity (Wildman–Crippen MR) is 219 cm³/mol. The van der Waals surface area contributed by atoms with Gasteiger partial charge < -0.3 is 50.2 Å². The van der Waals surface area contributed by atoms with Crippen LogP contribution in [0.3, 0.4) is 0 Å². The van der Waals surface area contributed by atoms with Crippen molar-refractivity contribution in [3.05, 3.63) is 101 Å². The zero-order valence-corrected chi connectivity index (χ0v) is 34.2. The van der Waals surface area contributed by atoms with Gasteiger partial charge in [0.25, 0.3) is 5.56 Å². The van der Waals surface area contributed by atoms with E-state index < -0.39 is 83.5 Å². The van der Waals surface area contributed by atoms with Gasteiger partial charge in [0.05, 0.1) is 24.9 Å². The van der Waals surface area contributed by atoms with E-state index in [2.05, 4.69) is 24.9 Å². The van der Waals surface area contributed by atoms with Crippen molar-refractivity contribution in [2.45, 2.75) is 55.7 Å². The normalized spacial score (nSPS) is 30.2. The summed E-state index contributed by atoms with van der Waals surface area (Å²) in [5, 5.41) is 25.4. The van der Waals surface area contributed by atoms with Gasteiger partial charge in [-0.3, -0.25) is 32.4 Å². The van der Waals surface area contributed by atoms with E-state index in [4.69, 9.17) is 43.8 Å². The molecule has 63 heavy (non-hydrogen) atoms. The highest BCUT2D eigenvalue weighted by molar-refractivity contribution is 7.47. The molecule has 3 aliphatic rings. The van der Waals surface area contributed by atoms with Crippen molar-refractivity contribution in [3.63, 3.8) is 0 Å². The van der Waals surface area contributed by atoms with E-state index in [-0.39, 0.29) is 35.2 Å². The first-order valence-electron chi connectivity index (χ1n) is 19.3. The lowest BCUT2D eigenvalue weighted by atomic mass is 10.0. The Morgan fingerprint density at radius 3 is 2.32 bits per heavy atom. The number of nitrogen functional groups attached to an aromatic ring is 2. The van der Waals surface area contributed by atoms with Gasteiger partial charge in [-0.05, 0) is 22.6 Å². The Labute approximate surface area is 353 Å². The molecule has 2 unspecified atom stereocenters. The third-order valence-electron chi connectivity index (χ3n) is 11.0. The Hall–Kier alpha value is -5.65. The molecule has 0 saturated carbocycles. The molecule has 0 radical (unpaired) electrons. The first kappa shape index (κ1) is 41.4. The lowest BCUT2D eigenvalue weighted by Gasteiger charge is -2.25. The van der Waals surface area contributed by atoms with E-state index >= 15 is 0 Å². The number of aliphatic hydroxyl groups is 2. The maximum Gasteiger partial charge on any atom is 0.472 e. The van der Waals surface area contributed by atoms with E-state index in [0.717, 1.165) is 33.0 Å². The summed E-state index contributed by atoms with van der Waals surface area (Å²) in [6, 6.07) is 21.2. The number of benzene rings is 3. The minimum atomic E-state index is -5.20. The van der Waals surface area contributed by atoms with Crippen molar-refractivity contribution in [1.29, 1.82) is 0 Å². The fourth-order valence-electron chi connectivity index (χ4n) is 8.02. The van der Waals surface area contributed by atoms with Gasteiger partial charge >= 0.3 is 15.6 Å². The van der Waals surface area contributed by atoms with Crippen LogP contribution in [0.5, 0.6) is 5.75 Å². The van der Waals surface area contributed by atoms with Gasteiger partial charge in [0.2, 0.25) is 5.95 Å². The Morgan fingerprint density at radius 2 is 1.52 bits per heavy atom. The molecule has 3 saturated heterocycles. The van der Waals surface area contributed by atoms with Gasteiger partial charge in [0, 0.05) is 17.1 Å². The number of fused-ring (bicyclic) bond motifs is 6. The summed E-state index contributed by atoms with van der Waals surface area (Å²) in [6.07, 6.45) is -9.09. The lowest BCUT2D eigenvalue weighted by Crippen LogP contribution is -2.36. The Morgan fingerprint density at radius 1 is 0.810 bits per heavy atom. The largest absolute Gasteiger partial charge is 0.488 e. The van der Waals surface area contributed by atoms with Crippen molar-refractivity contribution in [1.82, 2.24) is 34.1 Å². The van der Waals surface area contributed by atoms with Crippen LogP contribution in [-0.4, -0.2) is 104 Å². The number of nitrogens with zero attached hydrogens (tertiary/aromatic N) is 6. The molecule has 10 atom stereocenters. The van der Waals surface area contributed by atoms with E-state index in [1.807, 2.05) is 66.7 Å². The molecule has 328 valence electrons. The van der Waals surface area contributed by atoms with Crippen LogP contribution >= 0.6 is 15.6 Å². The Kier molecular flexibility index (Phi) is 10.4. The van der Waals surface area contributed by atoms with Crippen LogP contribution in [0.4, 0.5) is 11.8 Å². The second-order valence-electron chi connectivity index (χ2n) is 14.9. The second kappa shape index (κ2) is 15.9. The third-order valence-corrected chi connectivity index (χ3v) is 13.0. The average Bonchev–Trinajstić information content (AvgIpc) is 4.01. The highest BCUT2D eigenvalue weighted by atomic mass is 31.2. The summed E-state index contributed by atoms with van der Waals surface area (Å²) in [5.74, 6) is 0.553. The molecule has 0 amide bonds. The first-order valence-corrected chi connectivity index (χ1v) is 22.2. The number of hydrogen-bond acceptors (Lipinski definition) is 18. The smallest absolute Gasteiger partial charge is 0.472 e. The van der Waals surface area contributed by atoms with Gasteiger partial charge in [0.15, 0.2) is 23.6 Å². The number of aromatic amines is 1. The van der Waals surface area contributed by atoms with Gasteiger partial charge in [-0.1, -0.05) is 60.7 Å². The summed E-state index contributed by atoms with van der Waals surface area (Å²) in [5.41, 5.74) is 13.4. The van der Waals surface area contributed by atoms with E-state index in [0.29, 0.717) is 16.5 Å². The average molecular weight is 906 g/mol. The van der Waals surface area contributed by atoms with Gasteiger partial charge in [-0.2, -0.15) is 4.98 Å². The molecule has 3 fully saturated rings. The summed E-state index contributed by atoms with van der Waals surface area (Å²) in [6.45, 7) is -1.42. The minimum absolute atomic E-state index is 0.102. The highest BCUT2D eigenvalue weighted by Crippen LogP contribution is 2.54. The van der Waals surface area contributed by atoms with Crippen molar-refractivity contribution >= 4 is 60.4 Å². The van der Waals surface area contributed by atoms with Crippen LogP contribution in [0.25, 0.3) is 44.1 Å². The molecule has 0 spiro atoms. The Balaban J connectivity index is 0.923. The number of nitrogens with two attached hydrogens (primary N) is 2. The van der Waals surface area contributed by atoms with Crippen molar-refractivity contribution < 1.29 is 61.4 Å². The topological polar surface area (TPSA) is 326 Å². The third kappa shape index (κ3) is 7.67. The summed E-state index contributed by atoms with van der Waals surface area (Å²) in [4.78, 5) is 53.3. The van der Waals surface area contributed by atoms with E-state index in [9.17, 15) is 33.9 Å². The molecular formula is C38H37N9O14P2. The molecule has 23 nitrogen and oxygen atoms in total. The summed E-state index contributed by atoms with van der Waals surface area (Å²) < 4.78 is 69.4. The Bertz CT molecular complexity index is 3030. The van der Waals surface area contributed by atoms with Gasteiger partial charge in [-0.25, -0.2) is 24.1 Å². The SMILES string of the molecule is Nc1nc2c(ncn2[C@@H]2O[C@@H]3COP(=O)(O)O[C@H]4[C@@H](O)[C@H](n5cc(-c6ccc(COc7cccc8ccccc78)cc6)c6c(N)ncnc65)O[C@@H]4COP(=O)(O)O[C@@H]2[C@@H]3O)c(=O)[nH]1. The van der Waals surface area contributed by atoms with E-state index in [1.54, 1.807) is 6.20 Å². The number of H-pyrrole nitrogens is 1. The molecule has 0 aliphatic carbocycles. The first-order chi connectivity index (χ1) is 30.2. The molecule has 7 heterocycles. The number of aliphatic hydroxyl groups excluding tert-OH is 2. The zero-order chi connectivity index (χ0) is 43.8. The zero-order valence-electron chi connectivity index (χ0n) is 32.4. The number of hydrogen-bond donors (Lipinski definition) is 7.